The highest BCUT2D eigenvalue weighted by molar-refractivity contribution is 7.89. The molecule has 6 nitrogen and oxygen atoms in total. The van der Waals surface area contributed by atoms with Crippen LogP contribution in [0.2, 0.25) is 0 Å². The number of amides is 1. The number of aromatic amines is 1. The third kappa shape index (κ3) is 3.79. The second-order valence-corrected chi connectivity index (χ2v) is 7.89. The smallest absolute Gasteiger partial charge is 0.251 e. The van der Waals surface area contributed by atoms with Crippen LogP contribution < -0.4 is 10.5 Å². The number of fused-ring (bicyclic) bond motifs is 1. The summed E-state index contributed by atoms with van der Waals surface area (Å²) < 4.78 is 22.5. The minimum absolute atomic E-state index is 0.0794. The molecule has 2 aromatic carbocycles. The first-order valence-electron chi connectivity index (χ1n) is 8.24. The Labute approximate surface area is 152 Å². The molecular weight excluding hydrogens is 350 g/mol. The summed E-state index contributed by atoms with van der Waals surface area (Å²) in [5.41, 5.74) is 4.80. The number of rotatable bonds is 5. The van der Waals surface area contributed by atoms with Crippen LogP contribution >= 0.6 is 0 Å². The van der Waals surface area contributed by atoms with Crippen LogP contribution in [0.25, 0.3) is 10.9 Å². The van der Waals surface area contributed by atoms with E-state index in [0.717, 1.165) is 27.7 Å². The van der Waals surface area contributed by atoms with Crippen LogP contribution in [0.3, 0.4) is 0 Å². The molecule has 1 heterocycles. The van der Waals surface area contributed by atoms with Crippen LogP contribution in [0.4, 0.5) is 0 Å². The number of hydrogen-bond donors (Lipinski definition) is 3. The third-order valence-electron chi connectivity index (χ3n) is 4.52. The van der Waals surface area contributed by atoms with Gasteiger partial charge in [0.25, 0.3) is 5.91 Å². The number of aryl methyl sites for hydroxylation is 2. The van der Waals surface area contributed by atoms with Crippen molar-refractivity contribution in [3.63, 3.8) is 0 Å². The molecule has 0 bridgehead atoms. The number of H-pyrrole nitrogens is 1. The molecule has 0 saturated carbocycles. The van der Waals surface area contributed by atoms with Crippen LogP contribution in [0.5, 0.6) is 0 Å². The Hall–Kier alpha value is -2.64. The lowest BCUT2D eigenvalue weighted by Crippen LogP contribution is -2.25. The maximum Gasteiger partial charge on any atom is 0.251 e. The Morgan fingerprint density at radius 2 is 1.81 bits per heavy atom. The van der Waals surface area contributed by atoms with Crippen molar-refractivity contribution in [3.8, 4) is 0 Å². The normalized spacial score (nSPS) is 11.7. The molecule has 0 aliphatic rings. The van der Waals surface area contributed by atoms with E-state index in [1.54, 1.807) is 18.2 Å². The van der Waals surface area contributed by atoms with E-state index in [0.29, 0.717) is 18.5 Å². The molecule has 26 heavy (non-hydrogen) atoms. The number of nitrogens with two attached hydrogens (primary N) is 1. The van der Waals surface area contributed by atoms with E-state index in [9.17, 15) is 13.2 Å². The summed E-state index contributed by atoms with van der Waals surface area (Å²) in [4.78, 5) is 15.7. The van der Waals surface area contributed by atoms with Gasteiger partial charge in [-0.1, -0.05) is 12.1 Å². The van der Waals surface area contributed by atoms with Crippen molar-refractivity contribution < 1.29 is 13.2 Å². The summed E-state index contributed by atoms with van der Waals surface area (Å²) in [7, 11) is -3.68. The van der Waals surface area contributed by atoms with Gasteiger partial charge in [0.2, 0.25) is 10.0 Å². The van der Waals surface area contributed by atoms with Gasteiger partial charge in [-0.25, -0.2) is 13.6 Å². The zero-order valence-electron chi connectivity index (χ0n) is 14.7. The first kappa shape index (κ1) is 18.2. The van der Waals surface area contributed by atoms with Crippen molar-refractivity contribution in [1.82, 2.24) is 10.3 Å². The fraction of sp³-hybridized carbons (Fsp3) is 0.211. The number of carbonyl (C=O) groups is 1. The van der Waals surface area contributed by atoms with Crippen molar-refractivity contribution in [2.75, 3.05) is 6.54 Å². The molecule has 0 fully saturated rings. The van der Waals surface area contributed by atoms with Crippen LogP contribution in [0, 0.1) is 13.8 Å². The summed E-state index contributed by atoms with van der Waals surface area (Å²) in [6, 6.07) is 11.9. The molecule has 0 radical (unpaired) electrons. The number of nitrogens with one attached hydrogen (secondary N) is 2. The topological polar surface area (TPSA) is 105 Å². The zero-order chi connectivity index (χ0) is 18.9. The number of primary sulfonamides is 1. The van der Waals surface area contributed by atoms with Gasteiger partial charge in [0.15, 0.2) is 0 Å². The van der Waals surface area contributed by atoms with Gasteiger partial charge in [0.05, 0.1) is 4.90 Å². The van der Waals surface area contributed by atoms with Crippen molar-refractivity contribution in [1.29, 1.82) is 0 Å². The van der Waals surface area contributed by atoms with Crippen molar-refractivity contribution in [2.24, 2.45) is 5.14 Å². The molecule has 0 spiro atoms. The quantitative estimate of drug-likeness (QED) is 0.641. The van der Waals surface area contributed by atoms with Gasteiger partial charge in [-0.05, 0) is 61.7 Å². The summed E-state index contributed by atoms with van der Waals surface area (Å²) in [5, 5.41) is 9.02. The summed E-state index contributed by atoms with van der Waals surface area (Å²) in [6.45, 7) is 4.49. The maximum absolute atomic E-state index is 12.4. The molecule has 7 heteroatoms. The molecule has 1 aromatic heterocycles. The number of carbonyl (C=O) groups excluding carboxylic acids is 1. The Morgan fingerprint density at radius 3 is 2.46 bits per heavy atom. The maximum atomic E-state index is 12.4. The highest BCUT2D eigenvalue weighted by Gasteiger charge is 2.10. The third-order valence-corrected chi connectivity index (χ3v) is 5.45. The van der Waals surface area contributed by atoms with Crippen molar-refractivity contribution >= 4 is 26.8 Å². The van der Waals surface area contributed by atoms with E-state index in [1.807, 2.05) is 26.0 Å². The molecule has 0 saturated heterocycles. The van der Waals surface area contributed by atoms with Crippen molar-refractivity contribution in [3.05, 3.63) is 64.8 Å². The van der Waals surface area contributed by atoms with Gasteiger partial charge in [-0.3, -0.25) is 4.79 Å². The predicted octanol–water partition coefficient (Wildman–Crippen LogP) is 2.40. The van der Waals surface area contributed by atoms with Crippen LogP contribution in [0.1, 0.15) is 27.2 Å². The molecule has 0 atom stereocenters. The predicted molar refractivity (Wildman–Crippen MR) is 102 cm³/mol. The molecule has 0 aliphatic carbocycles. The minimum atomic E-state index is -3.68. The monoisotopic (exact) mass is 371 g/mol. The zero-order valence-corrected chi connectivity index (χ0v) is 15.5. The van der Waals surface area contributed by atoms with E-state index in [2.05, 4.69) is 10.3 Å². The van der Waals surface area contributed by atoms with Gasteiger partial charge in [-0.15, -0.1) is 0 Å². The Morgan fingerprint density at radius 1 is 1.12 bits per heavy atom. The van der Waals surface area contributed by atoms with E-state index in [4.69, 9.17) is 5.14 Å². The standard InChI is InChI=1S/C19H21N3O3S/c1-12-13(2)22-18-8-5-15(11-17(12)18)19(23)21-10-9-14-3-6-16(7-4-14)26(20,24)25/h3-8,11,22H,9-10H2,1-2H3,(H,21,23)(H2,20,24,25). The molecule has 0 aliphatic heterocycles. The SMILES string of the molecule is Cc1[nH]c2ccc(C(=O)NCCc3ccc(S(N)(=O)=O)cc3)cc2c1C. The second kappa shape index (κ2) is 6.93. The van der Waals surface area contributed by atoms with Crippen molar-refractivity contribution in [2.45, 2.75) is 25.2 Å². The van der Waals surface area contributed by atoms with Gasteiger partial charge >= 0.3 is 0 Å². The molecule has 3 rings (SSSR count). The van der Waals surface area contributed by atoms with E-state index in [-0.39, 0.29) is 10.8 Å². The van der Waals surface area contributed by atoms with Gasteiger partial charge < -0.3 is 10.3 Å². The highest BCUT2D eigenvalue weighted by Crippen LogP contribution is 2.22. The van der Waals surface area contributed by atoms with E-state index in [1.165, 1.54) is 12.1 Å². The average Bonchev–Trinajstić information content (AvgIpc) is 2.88. The lowest BCUT2D eigenvalue weighted by atomic mass is 10.1. The minimum Gasteiger partial charge on any atom is -0.358 e. The molecular formula is C19H21N3O3S. The molecule has 4 N–H and O–H groups in total. The Kier molecular flexibility index (Phi) is 4.84. The molecule has 3 aromatic rings. The summed E-state index contributed by atoms with van der Waals surface area (Å²) in [6.07, 6.45) is 0.598. The number of sulfonamides is 1. The number of benzene rings is 2. The van der Waals surface area contributed by atoms with Gasteiger partial charge in [0, 0.05) is 28.7 Å². The van der Waals surface area contributed by atoms with E-state index >= 15 is 0 Å². The van der Waals surface area contributed by atoms with Crippen LogP contribution in [-0.4, -0.2) is 25.9 Å². The molecule has 136 valence electrons. The first-order valence-corrected chi connectivity index (χ1v) is 9.79. The summed E-state index contributed by atoms with van der Waals surface area (Å²) >= 11 is 0. The number of hydrogen-bond acceptors (Lipinski definition) is 3. The Bertz CT molecular complexity index is 1070. The van der Waals surface area contributed by atoms with Gasteiger partial charge in [0.1, 0.15) is 0 Å². The Balaban J connectivity index is 1.63. The number of aromatic nitrogens is 1. The largest absolute Gasteiger partial charge is 0.358 e. The average molecular weight is 371 g/mol. The van der Waals surface area contributed by atoms with E-state index < -0.39 is 10.0 Å². The fourth-order valence-corrected chi connectivity index (χ4v) is 3.39. The first-order chi connectivity index (χ1) is 12.3. The lowest BCUT2D eigenvalue weighted by molar-refractivity contribution is 0.0954. The van der Waals surface area contributed by atoms with Gasteiger partial charge in [-0.2, -0.15) is 0 Å². The molecule has 0 unspecified atom stereocenters. The molecule has 1 amide bonds. The lowest BCUT2D eigenvalue weighted by Gasteiger charge is -2.07. The summed E-state index contributed by atoms with van der Waals surface area (Å²) in [5.74, 6) is -0.133. The van der Waals surface area contributed by atoms with Crippen LogP contribution in [-0.2, 0) is 16.4 Å². The highest BCUT2D eigenvalue weighted by atomic mass is 32.2. The van der Waals surface area contributed by atoms with Crippen LogP contribution in [0.15, 0.2) is 47.4 Å². The fourth-order valence-electron chi connectivity index (χ4n) is 2.87. The second-order valence-electron chi connectivity index (χ2n) is 6.33.